The largest absolute Gasteiger partial charge is 0.258 e. The van der Waals surface area contributed by atoms with E-state index in [9.17, 15) is 0 Å². The third-order valence-electron chi connectivity index (χ3n) is 1.03. The Morgan fingerprint density at radius 1 is 1.89 bits per heavy atom. The molecule has 0 aliphatic rings. The highest BCUT2D eigenvalue weighted by atomic mass is 127. The Morgan fingerprint density at radius 2 is 2.56 bits per heavy atom. The number of halogens is 2. The number of rotatable bonds is 1. The highest BCUT2D eigenvalue weighted by Crippen LogP contribution is 2.16. The van der Waals surface area contributed by atoms with Crippen LogP contribution >= 0.6 is 34.2 Å². The van der Waals surface area contributed by atoms with Crippen LogP contribution in [0.5, 0.6) is 0 Å². The quantitative estimate of drug-likeness (QED) is 0.704. The first-order valence-electron chi connectivity index (χ1n) is 2.62. The van der Waals surface area contributed by atoms with Crippen molar-refractivity contribution in [1.82, 2.24) is 9.78 Å². The first kappa shape index (κ1) is 7.34. The summed E-state index contributed by atoms with van der Waals surface area (Å²) in [5, 5.41) is 4.74. The molecule has 0 atom stereocenters. The minimum Gasteiger partial charge on any atom is -0.258 e. The summed E-state index contributed by atoms with van der Waals surface area (Å²) in [5.41, 5.74) is 0. The lowest BCUT2D eigenvalue weighted by molar-refractivity contribution is 0.644. The van der Waals surface area contributed by atoms with Crippen LogP contribution in [0.4, 0.5) is 0 Å². The summed E-state index contributed by atoms with van der Waals surface area (Å²) < 4.78 is 2.86. The smallest absolute Gasteiger partial charge is 0.117 e. The lowest BCUT2D eigenvalue weighted by Crippen LogP contribution is -1.97. The van der Waals surface area contributed by atoms with E-state index < -0.39 is 0 Å². The van der Waals surface area contributed by atoms with E-state index in [0.717, 1.165) is 15.3 Å². The average Bonchev–Trinajstić information content (AvgIpc) is 2.15. The van der Waals surface area contributed by atoms with Gasteiger partial charge in [0.2, 0.25) is 0 Å². The number of nitrogens with zero attached hydrogens (tertiary/aromatic N) is 2. The predicted molar refractivity (Wildman–Crippen MR) is 45.6 cm³/mol. The molecule has 1 aromatic heterocycles. The lowest BCUT2D eigenvalue weighted by atomic mass is 10.7. The Morgan fingerprint density at radius 3 is 2.78 bits per heavy atom. The van der Waals surface area contributed by atoms with E-state index in [0.29, 0.717) is 0 Å². The van der Waals surface area contributed by atoms with Crippen LogP contribution in [0.25, 0.3) is 0 Å². The molecule has 0 fully saturated rings. The monoisotopic (exact) mass is 256 g/mol. The van der Waals surface area contributed by atoms with Gasteiger partial charge in [-0.15, -0.1) is 0 Å². The van der Waals surface area contributed by atoms with Crippen molar-refractivity contribution in [2.75, 3.05) is 0 Å². The van der Waals surface area contributed by atoms with E-state index in [1.807, 2.05) is 11.6 Å². The van der Waals surface area contributed by atoms with E-state index >= 15 is 0 Å². The molecule has 50 valence electrons. The van der Waals surface area contributed by atoms with Crippen molar-refractivity contribution < 1.29 is 0 Å². The van der Waals surface area contributed by atoms with Gasteiger partial charge in [-0.3, -0.25) is 4.68 Å². The van der Waals surface area contributed by atoms with Crippen LogP contribution in [-0.2, 0) is 6.54 Å². The Balaban J connectivity index is 3.04. The summed E-state index contributed by atoms with van der Waals surface area (Å²) in [6.07, 6.45) is 1.66. The molecule has 0 spiro atoms. The van der Waals surface area contributed by atoms with Crippen molar-refractivity contribution in [3.8, 4) is 0 Å². The minimum absolute atomic E-state index is 0.734. The predicted octanol–water partition coefficient (Wildman–Crippen LogP) is 2.16. The molecule has 0 saturated carbocycles. The third kappa shape index (κ3) is 1.38. The van der Waals surface area contributed by atoms with Crippen LogP contribution in [0.2, 0.25) is 5.02 Å². The van der Waals surface area contributed by atoms with Crippen molar-refractivity contribution in [2.24, 2.45) is 0 Å². The average molecular weight is 256 g/mol. The van der Waals surface area contributed by atoms with Crippen LogP contribution in [0.1, 0.15) is 6.92 Å². The van der Waals surface area contributed by atoms with Crippen molar-refractivity contribution in [1.29, 1.82) is 0 Å². The SMILES string of the molecule is CCn1ncc(Cl)c1I. The third-order valence-corrected chi connectivity index (χ3v) is 2.77. The second kappa shape index (κ2) is 2.88. The lowest BCUT2D eigenvalue weighted by Gasteiger charge is -1.94. The second-order valence-electron chi connectivity index (χ2n) is 1.60. The molecular weight excluding hydrogens is 250 g/mol. The molecule has 2 nitrogen and oxygen atoms in total. The summed E-state index contributed by atoms with van der Waals surface area (Å²) in [6, 6.07) is 0. The molecule has 0 saturated heterocycles. The van der Waals surface area contributed by atoms with Crippen molar-refractivity contribution in [2.45, 2.75) is 13.5 Å². The van der Waals surface area contributed by atoms with Gasteiger partial charge in [-0.2, -0.15) is 5.10 Å². The first-order valence-corrected chi connectivity index (χ1v) is 4.08. The summed E-state index contributed by atoms with van der Waals surface area (Å²) >= 11 is 7.89. The zero-order chi connectivity index (χ0) is 6.85. The Kier molecular flexibility index (Phi) is 2.35. The van der Waals surface area contributed by atoms with Gasteiger partial charge in [0.1, 0.15) is 3.70 Å². The zero-order valence-corrected chi connectivity index (χ0v) is 7.85. The molecule has 1 heterocycles. The number of aromatic nitrogens is 2. The van der Waals surface area contributed by atoms with Crippen LogP contribution in [0, 0.1) is 3.70 Å². The van der Waals surface area contributed by atoms with Crippen molar-refractivity contribution >= 4 is 34.2 Å². The molecule has 1 aromatic rings. The normalized spacial score (nSPS) is 10.1. The fourth-order valence-corrected chi connectivity index (χ4v) is 1.31. The second-order valence-corrected chi connectivity index (χ2v) is 3.03. The highest BCUT2D eigenvalue weighted by molar-refractivity contribution is 14.1. The first-order chi connectivity index (χ1) is 4.25. The maximum Gasteiger partial charge on any atom is 0.117 e. The number of aryl methyl sites for hydroxylation is 1. The minimum atomic E-state index is 0.734. The molecular formula is C5H6ClIN2. The molecule has 0 aliphatic carbocycles. The molecule has 1 rings (SSSR count). The van der Waals surface area contributed by atoms with E-state index in [4.69, 9.17) is 11.6 Å². The van der Waals surface area contributed by atoms with Crippen LogP contribution in [-0.4, -0.2) is 9.78 Å². The van der Waals surface area contributed by atoms with Gasteiger partial charge < -0.3 is 0 Å². The molecule has 0 N–H and O–H groups in total. The molecule has 0 unspecified atom stereocenters. The van der Waals surface area contributed by atoms with E-state index in [2.05, 4.69) is 27.7 Å². The standard InChI is InChI=1S/C5H6ClIN2/c1-2-9-5(7)4(6)3-8-9/h3H,2H2,1H3. The fraction of sp³-hybridized carbons (Fsp3) is 0.400. The molecule has 0 amide bonds. The number of hydrogen-bond acceptors (Lipinski definition) is 1. The van der Waals surface area contributed by atoms with Gasteiger partial charge >= 0.3 is 0 Å². The maximum absolute atomic E-state index is 5.72. The van der Waals surface area contributed by atoms with Crippen LogP contribution in [0.15, 0.2) is 6.20 Å². The van der Waals surface area contributed by atoms with Crippen LogP contribution in [0.3, 0.4) is 0 Å². The van der Waals surface area contributed by atoms with Gasteiger partial charge in [0, 0.05) is 6.54 Å². The van der Waals surface area contributed by atoms with E-state index in [1.165, 1.54) is 0 Å². The van der Waals surface area contributed by atoms with Gasteiger partial charge in [-0.05, 0) is 29.5 Å². The maximum atomic E-state index is 5.72. The van der Waals surface area contributed by atoms with Crippen LogP contribution < -0.4 is 0 Å². The topological polar surface area (TPSA) is 17.8 Å². The summed E-state index contributed by atoms with van der Waals surface area (Å²) in [5.74, 6) is 0. The molecule has 9 heavy (non-hydrogen) atoms. The van der Waals surface area contributed by atoms with Gasteiger partial charge in [0.25, 0.3) is 0 Å². The van der Waals surface area contributed by atoms with E-state index in [1.54, 1.807) is 6.20 Å². The molecule has 0 aromatic carbocycles. The highest BCUT2D eigenvalue weighted by Gasteiger charge is 2.01. The molecule has 0 bridgehead atoms. The van der Waals surface area contributed by atoms with Crippen molar-refractivity contribution in [3.05, 3.63) is 14.9 Å². The van der Waals surface area contributed by atoms with Gasteiger partial charge in [0.05, 0.1) is 11.2 Å². The van der Waals surface area contributed by atoms with Gasteiger partial charge in [-0.25, -0.2) is 0 Å². The molecule has 4 heteroatoms. The van der Waals surface area contributed by atoms with E-state index in [-0.39, 0.29) is 0 Å². The Hall–Kier alpha value is 0.230. The fourth-order valence-electron chi connectivity index (χ4n) is 0.568. The zero-order valence-electron chi connectivity index (χ0n) is 4.93. The Labute approximate surface area is 72.3 Å². The summed E-state index contributed by atoms with van der Waals surface area (Å²) in [4.78, 5) is 0. The summed E-state index contributed by atoms with van der Waals surface area (Å²) in [6.45, 7) is 2.91. The number of hydrogen-bond donors (Lipinski definition) is 0. The van der Waals surface area contributed by atoms with Gasteiger partial charge in [-0.1, -0.05) is 11.6 Å². The Bertz CT molecular complexity index is 209. The summed E-state index contributed by atoms with van der Waals surface area (Å²) in [7, 11) is 0. The molecule has 0 radical (unpaired) electrons. The molecule has 0 aliphatic heterocycles. The van der Waals surface area contributed by atoms with Crippen molar-refractivity contribution in [3.63, 3.8) is 0 Å². The van der Waals surface area contributed by atoms with Gasteiger partial charge in [0.15, 0.2) is 0 Å².